The number of imidazole rings is 1. The van der Waals surface area contributed by atoms with Gasteiger partial charge in [0.15, 0.2) is 0 Å². The highest BCUT2D eigenvalue weighted by atomic mass is 14.9. The van der Waals surface area contributed by atoms with Crippen molar-refractivity contribution in [1.29, 1.82) is 5.26 Å². The summed E-state index contributed by atoms with van der Waals surface area (Å²) in [5, 5.41) is 9.38. The lowest BCUT2D eigenvalue weighted by molar-refractivity contribution is 1.27. The Kier molecular flexibility index (Phi) is 3.06. The van der Waals surface area contributed by atoms with Crippen molar-refractivity contribution in [2.75, 3.05) is 0 Å². The Labute approximate surface area is 117 Å². The van der Waals surface area contributed by atoms with Gasteiger partial charge in [-0.15, -0.1) is 0 Å². The lowest BCUT2D eigenvalue weighted by Crippen LogP contribution is -1.86. The SMILES string of the molecule is Cc1ccccc1/C=C(\C#N)c1nc2ccccc2[nH]1. The van der Waals surface area contributed by atoms with Crippen molar-refractivity contribution < 1.29 is 0 Å². The van der Waals surface area contributed by atoms with Crippen molar-refractivity contribution in [2.24, 2.45) is 0 Å². The molecule has 0 atom stereocenters. The zero-order valence-corrected chi connectivity index (χ0v) is 11.1. The van der Waals surface area contributed by atoms with Crippen molar-refractivity contribution in [1.82, 2.24) is 9.97 Å². The van der Waals surface area contributed by atoms with E-state index in [1.54, 1.807) is 0 Å². The summed E-state index contributed by atoms with van der Waals surface area (Å²) in [7, 11) is 0. The molecule has 3 rings (SSSR count). The van der Waals surface area contributed by atoms with Gasteiger partial charge < -0.3 is 4.98 Å². The van der Waals surface area contributed by atoms with Crippen molar-refractivity contribution >= 4 is 22.7 Å². The molecule has 0 aliphatic rings. The van der Waals surface area contributed by atoms with Gasteiger partial charge in [-0.25, -0.2) is 4.98 Å². The Balaban J connectivity index is 2.10. The van der Waals surface area contributed by atoms with Crippen LogP contribution in [0.2, 0.25) is 0 Å². The van der Waals surface area contributed by atoms with Crippen molar-refractivity contribution in [3.05, 3.63) is 65.5 Å². The number of H-pyrrole nitrogens is 1. The zero-order valence-electron chi connectivity index (χ0n) is 11.1. The average molecular weight is 259 g/mol. The van der Waals surface area contributed by atoms with E-state index in [2.05, 4.69) is 16.0 Å². The van der Waals surface area contributed by atoms with E-state index in [0.29, 0.717) is 11.4 Å². The second-order valence-corrected chi connectivity index (χ2v) is 4.63. The molecule has 2 aromatic carbocycles. The molecule has 1 aromatic heterocycles. The maximum Gasteiger partial charge on any atom is 0.149 e. The number of nitrogens with zero attached hydrogens (tertiary/aromatic N) is 2. The first-order valence-corrected chi connectivity index (χ1v) is 6.40. The second kappa shape index (κ2) is 5.02. The first-order valence-electron chi connectivity index (χ1n) is 6.40. The lowest BCUT2D eigenvalue weighted by Gasteiger charge is -1.99. The van der Waals surface area contributed by atoms with Gasteiger partial charge in [0.2, 0.25) is 0 Å². The number of nitriles is 1. The number of benzene rings is 2. The molecule has 20 heavy (non-hydrogen) atoms. The number of para-hydroxylation sites is 2. The number of aromatic nitrogens is 2. The summed E-state index contributed by atoms with van der Waals surface area (Å²) in [6.45, 7) is 2.03. The van der Waals surface area contributed by atoms with Crippen LogP contribution in [-0.4, -0.2) is 9.97 Å². The summed E-state index contributed by atoms with van der Waals surface area (Å²) in [5.41, 5.74) is 4.51. The summed E-state index contributed by atoms with van der Waals surface area (Å²) < 4.78 is 0. The number of fused-ring (bicyclic) bond motifs is 1. The molecule has 0 spiro atoms. The van der Waals surface area contributed by atoms with E-state index >= 15 is 0 Å². The maximum atomic E-state index is 9.38. The molecule has 0 saturated heterocycles. The minimum Gasteiger partial charge on any atom is -0.337 e. The molecule has 1 heterocycles. The number of allylic oxidation sites excluding steroid dienone is 1. The molecular formula is C17H13N3. The highest BCUT2D eigenvalue weighted by molar-refractivity contribution is 5.90. The minimum atomic E-state index is 0.537. The number of rotatable bonds is 2. The van der Waals surface area contributed by atoms with Crippen molar-refractivity contribution in [2.45, 2.75) is 6.92 Å². The smallest absolute Gasteiger partial charge is 0.149 e. The number of hydrogen-bond acceptors (Lipinski definition) is 2. The van der Waals surface area contributed by atoms with Crippen molar-refractivity contribution in [3.8, 4) is 6.07 Å². The third-order valence-corrected chi connectivity index (χ3v) is 3.25. The zero-order chi connectivity index (χ0) is 13.9. The number of hydrogen-bond donors (Lipinski definition) is 1. The van der Waals surface area contributed by atoms with Gasteiger partial charge >= 0.3 is 0 Å². The van der Waals surface area contributed by atoms with Crippen LogP contribution in [0.1, 0.15) is 17.0 Å². The third kappa shape index (κ3) is 2.19. The van der Waals surface area contributed by atoms with E-state index in [4.69, 9.17) is 0 Å². The van der Waals surface area contributed by atoms with Crippen LogP contribution in [0.25, 0.3) is 22.7 Å². The highest BCUT2D eigenvalue weighted by Crippen LogP contribution is 2.20. The summed E-state index contributed by atoms with van der Waals surface area (Å²) in [5.74, 6) is 0.608. The van der Waals surface area contributed by atoms with Gasteiger partial charge in [0.25, 0.3) is 0 Å². The fraction of sp³-hybridized carbons (Fsp3) is 0.0588. The van der Waals surface area contributed by atoms with Crippen LogP contribution in [0.5, 0.6) is 0 Å². The highest BCUT2D eigenvalue weighted by Gasteiger charge is 2.07. The van der Waals surface area contributed by atoms with Crippen molar-refractivity contribution in [3.63, 3.8) is 0 Å². The van der Waals surface area contributed by atoms with Gasteiger partial charge in [-0.05, 0) is 36.3 Å². The Hall–Kier alpha value is -2.86. The lowest BCUT2D eigenvalue weighted by atomic mass is 10.1. The predicted molar refractivity (Wildman–Crippen MR) is 80.8 cm³/mol. The number of aromatic amines is 1. The van der Waals surface area contributed by atoms with E-state index in [9.17, 15) is 5.26 Å². The van der Waals surface area contributed by atoms with Gasteiger partial charge in [-0.2, -0.15) is 5.26 Å². The van der Waals surface area contributed by atoms with Gasteiger partial charge in [0.1, 0.15) is 11.9 Å². The molecule has 3 aromatic rings. The largest absolute Gasteiger partial charge is 0.337 e. The Morgan fingerprint density at radius 2 is 1.90 bits per heavy atom. The van der Waals surface area contributed by atoms with Crippen LogP contribution in [0.4, 0.5) is 0 Å². The first-order chi connectivity index (χ1) is 9.78. The van der Waals surface area contributed by atoms with E-state index in [-0.39, 0.29) is 0 Å². The number of aryl methyl sites for hydroxylation is 1. The topological polar surface area (TPSA) is 52.5 Å². The van der Waals surface area contributed by atoms with Gasteiger partial charge in [0, 0.05) is 0 Å². The van der Waals surface area contributed by atoms with Crippen LogP contribution in [0.15, 0.2) is 48.5 Å². The Bertz CT molecular complexity index is 802. The molecule has 3 nitrogen and oxygen atoms in total. The standard InChI is InChI=1S/C17H13N3/c1-12-6-2-3-7-13(12)10-14(11-18)17-19-15-8-4-5-9-16(15)20-17/h2-10H,1H3,(H,19,20)/b14-10+. The summed E-state index contributed by atoms with van der Waals surface area (Å²) in [6, 6.07) is 18.0. The van der Waals surface area contributed by atoms with E-state index in [0.717, 1.165) is 22.2 Å². The molecular weight excluding hydrogens is 246 g/mol. The van der Waals surface area contributed by atoms with E-state index < -0.39 is 0 Å². The molecule has 96 valence electrons. The molecule has 1 N–H and O–H groups in total. The van der Waals surface area contributed by atoms with Crippen LogP contribution in [-0.2, 0) is 0 Å². The van der Waals surface area contributed by atoms with Crippen LogP contribution in [0.3, 0.4) is 0 Å². The summed E-state index contributed by atoms with van der Waals surface area (Å²) in [6.07, 6.45) is 1.87. The average Bonchev–Trinajstić information content (AvgIpc) is 2.90. The Morgan fingerprint density at radius 1 is 1.15 bits per heavy atom. The van der Waals surface area contributed by atoms with Crippen LogP contribution >= 0.6 is 0 Å². The predicted octanol–water partition coefficient (Wildman–Crippen LogP) is 3.94. The molecule has 0 unspecified atom stereocenters. The first kappa shape index (κ1) is 12.2. The summed E-state index contributed by atoms with van der Waals surface area (Å²) in [4.78, 5) is 7.65. The minimum absolute atomic E-state index is 0.537. The van der Waals surface area contributed by atoms with Gasteiger partial charge in [-0.3, -0.25) is 0 Å². The van der Waals surface area contributed by atoms with Crippen LogP contribution in [0, 0.1) is 18.3 Å². The number of nitrogens with one attached hydrogen (secondary N) is 1. The molecule has 0 aliphatic carbocycles. The normalized spacial score (nSPS) is 11.5. The third-order valence-electron chi connectivity index (χ3n) is 3.25. The Morgan fingerprint density at radius 3 is 2.65 bits per heavy atom. The summed E-state index contributed by atoms with van der Waals surface area (Å²) >= 11 is 0. The molecule has 0 radical (unpaired) electrons. The quantitative estimate of drug-likeness (QED) is 0.709. The van der Waals surface area contributed by atoms with E-state index in [1.165, 1.54) is 0 Å². The fourth-order valence-electron chi connectivity index (χ4n) is 2.14. The molecule has 0 aliphatic heterocycles. The van der Waals surface area contributed by atoms with Crippen LogP contribution < -0.4 is 0 Å². The molecule has 3 heteroatoms. The molecule has 0 amide bonds. The molecule has 0 bridgehead atoms. The van der Waals surface area contributed by atoms with Gasteiger partial charge in [0.05, 0.1) is 16.6 Å². The maximum absolute atomic E-state index is 9.38. The van der Waals surface area contributed by atoms with Gasteiger partial charge in [-0.1, -0.05) is 36.4 Å². The monoisotopic (exact) mass is 259 g/mol. The second-order valence-electron chi connectivity index (χ2n) is 4.63. The van der Waals surface area contributed by atoms with E-state index in [1.807, 2.05) is 61.5 Å². The fourth-order valence-corrected chi connectivity index (χ4v) is 2.14. The molecule has 0 fully saturated rings. The molecule has 0 saturated carbocycles.